The van der Waals surface area contributed by atoms with Crippen LogP contribution in [0.25, 0.3) is 5.69 Å². The normalized spacial score (nSPS) is 11.6. The van der Waals surface area contributed by atoms with Gasteiger partial charge < -0.3 is 5.32 Å². The van der Waals surface area contributed by atoms with Gasteiger partial charge in [0.15, 0.2) is 0 Å². The molecule has 3 aromatic rings. The standard InChI is InChI=1S/C22H26N4O3S/c1-16-10-12-20(13-11-16)30(28,29)25(4)15-22(27)23-14-21-17(2)24-26(18(21)3)19-8-6-5-7-9-19/h5-13H,14-15H2,1-4H3,(H,23,27). The summed E-state index contributed by atoms with van der Waals surface area (Å²) in [5.41, 5.74) is 4.57. The van der Waals surface area contributed by atoms with Crippen molar-refractivity contribution in [3.8, 4) is 5.69 Å². The predicted molar refractivity (Wildman–Crippen MR) is 116 cm³/mol. The number of amides is 1. The van der Waals surface area contributed by atoms with Crippen LogP contribution in [0.5, 0.6) is 0 Å². The number of carbonyl (C=O) groups is 1. The molecule has 1 aromatic heterocycles. The summed E-state index contributed by atoms with van der Waals surface area (Å²) < 4.78 is 28.2. The second-order valence-electron chi connectivity index (χ2n) is 7.25. The third kappa shape index (κ3) is 4.60. The van der Waals surface area contributed by atoms with E-state index in [4.69, 9.17) is 0 Å². The van der Waals surface area contributed by atoms with Crippen LogP contribution in [0.1, 0.15) is 22.5 Å². The fourth-order valence-corrected chi connectivity index (χ4v) is 4.30. The van der Waals surface area contributed by atoms with Crippen molar-refractivity contribution in [1.29, 1.82) is 0 Å². The SMILES string of the molecule is Cc1ccc(S(=O)(=O)N(C)CC(=O)NCc2c(C)nn(-c3ccccc3)c2C)cc1. The largest absolute Gasteiger partial charge is 0.351 e. The average Bonchev–Trinajstić information content (AvgIpc) is 3.01. The Morgan fingerprint density at radius 2 is 1.67 bits per heavy atom. The van der Waals surface area contributed by atoms with Gasteiger partial charge in [-0.1, -0.05) is 35.9 Å². The maximum absolute atomic E-state index is 12.7. The van der Waals surface area contributed by atoms with Crippen LogP contribution in [0.15, 0.2) is 59.5 Å². The Morgan fingerprint density at radius 3 is 2.30 bits per heavy atom. The van der Waals surface area contributed by atoms with Gasteiger partial charge in [-0.3, -0.25) is 4.79 Å². The molecule has 1 amide bonds. The molecule has 1 heterocycles. The molecule has 2 aromatic carbocycles. The molecule has 158 valence electrons. The lowest BCUT2D eigenvalue weighted by atomic mass is 10.2. The fourth-order valence-electron chi connectivity index (χ4n) is 3.17. The molecule has 0 unspecified atom stereocenters. The third-order valence-corrected chi connectivity index (χ3v) is 6.82. The van der Waals surface area contributed by atoms with Crippen molar-refractivity contribution < 1.29 is 13.2 Å². The van der Waals surface area contributed by atoms with E-state index in [-0.39, 0.29) is 23.9 Å². The van der Waals surface area contributed by atoms with E-state index in [1.54, 1.807) is 24.3 Å². The summed E-state index contributed by atoms with van der Waals surface area (Å²) in [4.78, 5) is 12.6. The number of likely N-dealkylation sites (N-methyl/N-ethyl adjacent to an activating group) is 1. The first-order valence-corrected chi connectivity index (χ1v) is 11.0. The minimum atomic E-state index is -3.73. The fraction of sp³-hybridized carbons (Fsp3) is 0.273. The van der Waals surface area contributed by atoms with Crippen LogP contribution in [-0.4, -0.2) is 42.0 Å². The molecule has 0 spiro atoms. The summed E-state index contributed by atoms with van der Waals surface area (Å²) in [6.07, 6.45) is 0. The highest BCUT2D eigenvalue weighted by Gasteiger charge is 2.23. The Labute approximate surface area is 177 Å². The smallest absolute Gasteiger partial charge is 0.243 e. The molecule has 1 N–H and O–H groups in total. The monoisotopic (exact) mass is 426 g/mol. The minimum Gasteiger partial charge on any atom is -0.351 e. The number of rotatable bonds is 7. The minimum absolute atomic E-state index is 0.166. The van der Waals surface area contributed by atoms with Crippen LogP contribution in [0.3, 0.4) is 0 Å². The Bertz CT molecular complexity index is 1140. The highest BCUT2D eigenvalue weighted by molar-refractivity contribution is 7.89. The molecule has 0 aliphatic heterocycles. The van der Waals surface area contributed by atoms with Gasteiger partial charge in [-0.2, -0.15) is 9.40 Å². The van der Waals surface area contributed by atoms with Crippen molar-refractivity contribution in [2.45, 2.75) is 32.2 Å². The first kappa shape index (κ1) is 21.7. The Morgan fingerprint density at radius 1 is 1.03 bits per heavy atom. The van der Waals surface area contributed by atoms with Crippen LogP contribution < -0.4 is 5.32 Å². The number of aromatic nitrogens is 2. The van der Waals surface area contributed by atoms with E-state index in [0.717, 1.165) is 32.5 Å². The molecule has 7 nitrogen and oxygen atoms in total. The highest BCUT2D eigenvalue weighted by atomic mass is 32.2. The zero-order valence-corrected chi connectivity index (χ0v) is 18.4. The summed E-state index contributed by atoms with van der Waals surface area (Å²) in [5, 5.41) is 7.37. The molecule has 0 aliphatic carbocycles. The molecule has 8 heteroatoms. The molecular weight excluding hydrogens is 400 g/mol. The Kier molecular flexibility index (Phi) is 6.38. The molecule has 0 fully saturated rings. The molecule has 0 aliphatic rings. The molecule has 0 saturated heterocycles. The summed E-state index contributed by atoms with van der Waals surface area (Å²) in [6, 6.07) is 16.3. The van der Waals surface area contributed by atoms with Gasteiger partial charge in [-0.25, -0.2) is 13.1 Å². The van der Waals surface area contributed by atoms with Gasteiger partial charge >= 0.3 is 0 Å². The van der Waals surface area contributed by atoms with Gasteiger partial charge in [0, 0.05) is 24.8 Å². The van der Waals surface area contributed by atoms with E-state index >= 15 is 0 Å². The van der Waals surface area contributed by atoms with E-state index in [9.17, 15) is 13.2 Å². The van der Waals surface area contributed by atoms with Crippen molar-refractivity contribution in [2.24, 2.45) is 0 Å². The summed E-state index contributed by atoms with van der Waals surface area (Å²) in [5.74, 6) is -0.376. The van der Waals surface area contributed by atoms with Crippen molar-refractivity contribution in [3.63, 3.8) is 0 Å². The lowest BCUT2D eigenvalue weighted by molar-refractivity contribution is -0.121. The maximum Gasteiger partial charge on any atom is 0.243 e. The van der Waals surface area contributed by atoms with Crippen LogP contribution in [0, 0.1) is 20.8 Å². The first-order chi connectivity index (χ1) is 14.2. The van der Waals surface area contributed by atoms with Gasteiger partial charge in [-0.05, 0) is 45.0 Å². The number of sulfonamides is 1. The summed E-state index contributed by atoms with van der Waals surface area (Å²) in [7, 11) is -2.32. The Balaban J connectivity index is 1.66. The van der Waals surface area contributed by atoms with Crippen LogP contribution in [0.4, 0.5) is 0 Å². The van der Waals surface area contributed by atoms with Crippen molar-refractivity contribution in [3.05, 3.63) is 77.1 Å². The zero-order chi connectivity index (χ0) is 21.9. The molecule has 0 saturated carbocycles. The van der Waals surface area contributed by atoms with Crippen molar-refractivity contribution in [2.75, 3.05) is 13.6 Å². The number of aryl methyl sites for hydroxylation is 2. The quantitative estimate of drug-likeness (QED) is 0.630. The Hall–Kier alpha value is -2.97. The second kappa shape index (κ2) is 8.81. The van der Waals surface area contributed by atoms with Gasteiger partial charge in [0.25, 0.3) is 0 Å². The first-order valence-electron chi connectivity index (χ1n) is 9.60. The van der Waals surface area contributed by atoms with Gasteiger partial charge in [0.1, 0.15) is 0 Å². The number of carbonyl (C=O) groups excluding carboxylic acids is 1. The van der Waals surface area contributed by atoms with Gasteiger partial charge in [0.05, 0.1) is 22.8 Å². The van der Waals surface area contributed by atoms with Crippen LogP contribution in [-0.2, 0) is 21.4 Å². The molecule has 30 heavy (non-hydrogen) atoms. The summed E-state index contributed by atoms with van der Waals surface area (Å²) >= 11 is 0. The molecule has 0 radical (unpaired) electrons. The third-order valence-electron chi connectivity index (χ3n) is 5.00. The zero-order valence-electron chi connectivity index (χ0n) is 17.6. The second-order valence-corrected chi connectivity index (χ2v) is 9.29. The van der Waals surface area contributed by atoms with Crippen molar-refractivity contribution in [1.82, 2.24) is 19.4 Å². The number of hydrogen-bond donors (Lipinski definition) is 1. The predicted octanol–water partition coefficient (Wildman–Crippen LogP) is 2.73. The average molecular weight is 427 g/mol. The van der Waals surface area contributed by atoms with E-state index in [2.05, 4.69) is 10.4 Å². The lowest BCUT2D eigenvalue weighted by Crippen LogP contribution is -2.38. The van der Waals surface area contributed by atoms with Crippen LogP contribution >= 0.6 is 0 Å². The van der Waals surface area contributed by atoms with Crippen molar-refractivity contribution >= 4 is 15.9 Å². The number of hydrogen-bond acceptors (Lipinski definition) is 4. The summed E-state index contributed by atoms with van der Waals surface area (Å²) in [6.45, 7) is 5.74. The van der Waals surface area contributed by atoms with E-state index < -0.39 is 10.0 Å². The lowest BCUT2D eigenvalue weighted by Gasteiger charge is -2.17. The number of benzene rings is 2. The highest BCUT2D eigenvalue weighted by Crippen LogP contribution is 2.18. The number of nitrogens with one attached hydrogen (secondary N) is 1. The van der Waals surface area contributed by atoms with E-state index in [1.165, 1.54) is 7.05 Å². The molecule has 0 bridgehead atoms. The molecule has 3 rings (SSSR count). The van der Waals surface area contributed by atoms with Gasteiger partial charge in [-0.15, -0.1) is 0 Å². The van der Waals surface area contributed by atoms with Crippen LogP contribution in [0.2, 0.25) is 0 Å². The number of para-hydroxylation sites is 1. The van der Waals surface area contributed by atoms with E-state index in [1.807, 2.05) is 55.8 Å². The number of nitrogens with zero attached hydrogens (tertiary/aromatic N) is 3. The maximum atomic E-state index is 12.7. The topological polar surface area (TPSA) is 84.3 Å². The van der Waals surface area contributed by atoms with Gasteiger partial charge in [0.2, 0.25) is 15.9 Å². The van der Waals surface area contributed by atoms with E-state index in [0.29, 0.717) is 0 Å². The molecular formula is C22H26N4O3S. The molecule has 0 atom stereocenters.